The molecule has 0 saturated carbocycles. The van der Waals surface area contributed by atoms with Gasteiger partial charge in [0.1, 0.15) is 18.0 Å². The number of nitrogens with two attached hydrogens (primary N) is 1. The number of benzene rings is 2. The summed E-state index contributed by atoms with van der Waals surface area (Å²) < 4.78 is 0. The van der Waals surface area contributed by atoms with Crippen LogP contribution in [0.4, 0.5) is 0 Å². The molecule has 238 valence electrons. The van der Waals surface area contributed by atoms with Gasteiger partial charge in [-0.1, -0.05) is 93.1 Å². The molecule has 0 bridgehead atoms. The lowest BCUT2D eigenvalue weighted by atomic mass is 9.96. The van der Waals surface area contributed by atoms with Crippen LogP contribution >= 0.6 is 0 Å². The number of rotatable bonds is 15. The maximum Gasteiger partial charge on any atom is 0.152 e. The van der Waals surface area contributed by atoms with Gasteiger partial charge in [0.2, 0.25) is 0 Å². The Kier molecular flexibility index (Phi) is 16.5. The summed E-state index contributed by atoms with van der Waals surface area (Å²) in [7, 11) is 0. The fraction of sp³-hybridized carbons (Fsp3) is 0.514. The van der Waals surface area contributed by atoms with E-state index in [1.165, 1.54) is 0 Å². The summed E-state index contributed by atoms with van der Waals surface area (Å²) in [5.41, 5.74) is 11.8. The van der Waals surface area contributed by atoms with Crippen LogP contribution in [-0.2, 0) is 27.3 Å². The molecule has 8 heteroatoms. The third-order valence-electron chi connectivity index (χ3n) is 6.31. The first kappa shape index (κ1) is 37.5. The molecule has 2 unspecified atom stereocenters. The fourth-order valence-electron chi connectivity index (χ4n) is 3.93. The van der Waals surface area contributed by atoms with Crippen LogP contribution in [0.15, 0.2) is 71.2 Å². The van der Waals surface area contributed by atoms with Crippen molar-refractivity contribution in [3.63, 3.8) is 0 Å². The molecule has 0 aromatic heterocycles. The Bertz CT molecular complexity index is 1180. The number of hydrogen-bond acceptors (Lipinski definition) is 8. The summed E-state index contributed by atoms with van der Waals surface area (Å²) in [5, 5.41) is 21.2. The topological polar surface area (TPSA) is 119 Å². The molecule has 0 aliphatic carbocycles. The standard InChI is InChI=1S/C18H28N2O2.C17H26N2O2/c1-12(2)19-18(15(6)21)11-16-7-9-17(10-8-16)14(5)20-22-13(3)4;1-11(2)17(20)16(18)10-14-6-8-15(9-7-14)13(5)19-21-12(3)4/h7-10,12-13,18-19,21H,6,11H2,1-5H3;6-9,11-12,16H,10,18H2,1-5H3/b20-14-;19-13-. The maximum atomic E-state index is 11.8. The molecule has 2 atom stereocenters. The van der Waals surface area contributed by atoms with Crippen LogP contribution in [0.1, 0.15) is 91.5 Å². The Morgan fingerprint density at radius 3 is 1.51 bits per heavy atom. The Hall–Kier alpha value is -3.49. The third-order valence-corrected chi connectivity index (χ3v) is 6.31. The lowest BCUT2D eigenvalue weighted by molar-refractivity contribution is -0.123. The molecule has 0 saturated heterocycles. The molecule has 0 amide bonds. The molecule has 2 aromatic carbocycles. The zero-order valence-electron chi connectivity index (χ0n) is 27.8. The minimum Gasteiger partial charge on any atom is -0.511 e. The van der Waals surface area contributed by atoms with Gasteiger partial charge in [-0.3, -0.25) is 4.79 Å². The van der Waals surface area contributed by atoms with E-state index < -0.39 is 6.04 Å². The van der Waals surface area contributed by atoms with Gasteiger partial charge >= 0.3 is 0 Å². The van der Waals surface area contributed by atoms with Crippen molar-refractivity contribution in [1.82, 2.24) is 5.32 Å². The second-order valence-corrected chi connectivity index (χ2v) is 12.0. The van der Waals surface area contributed by atoms with Crippen LogP contribution in [0, 0.1) is 5.92 Å². The Labute approximate surface area is 259 Å². The van der Waals surface area contributed by atoms with E-state index in [0.29, 0.717) is 12.8 Å². The normalized spacial score (nSPS) is 13.6. The number of nitrogens with zero attached hydrogens (tertiary/aromatic N) is 2. The van der Waals surface area contributed by atoms with Crippen LogP contribution in [0.3, 0.4) is 0 Å². The van der Waals surface area contributed by atoms with Gasteiger partial charge in [-0.2, -0.15) is 0 Å². The summed E-state index contributed by atoms with van der Waals surface area (Å²) in [5.74, 6) is 0.241. The van der Waals surface area contributed by atoms with E-state index in [-0.39, 0.29) is 41.8 Å². The largest absolute Gasteiger partial charge is 0.511 e. The van der Waals surface area contributed by atoms with Gasteiger partial charge < -0.3 is 25.8 Å². The Balaban J connectivity index is 0.000000430. The summed E-state index contributed by atoms with van der Waals surface area (Å²) >= 11 is 0. The van der Waals surface area contributed by atoms with Gasteiger partial charge in [0, 0.05) is 12.0 Å². The predicted octanol–water partition coefficient (Wildman–Crippen LogP) is 6.75. The highest BCUT2D eigenvalue weighted by Gasteiger charge is 2.17. The van der Waals surface area contributed by atoms with Gasteiger partial charge in [-0.25, -0.2) is 0 Å². The molecule has 8 nitrogen and oxygen atoms in total. The van der Waals surface area contributed by atoms with E-state index >= 15 is 0 Å². The van der Waals surface area contributed by atoms with Crippen molar-refractivity contribution >= 4 is 17.2 Å². The van der Waals surface area contributed by atoms with Crippen molar-refractivity contribution < 1.29 is 19.6 Å². The number of aliphatic hydroxyl groups excluding tert-OH is 1. The second-order valence-electron chi connectivity index (χ2n) is 12.0. The lowest BCUT2D eigenvalue weighted by Crippen LogP contribution is -2.37. The van der Waals surface area contributed by atoms with Gasteiger partial charge in [0.25, 0.3) is 0 Å². The monoisotopic (exact) mass is 594 g/mol. The van der Waals surface area contributed by atoms with Crippen molar-refractivity contribution in [3.05, 3.63) is 83.1 Å². The fourth-order valence-corrected chi connectivity index (χ4v) is 3.93. The molecule has 0 radical (unpaired) electrons. The molecular weight excluding hydrogens is 540 g/mol. The molecule has 0 aliphatic rings. The first-order chi connectivity index (χ1) is 20.1. The summed E-state index contributed by atoms with van der Waals surface area (Å²) in [6.45, 7) is 23.1. The van der Waals surface area contributed by atoms with Crippen LogP contribution < -0.4 is 11.1 Å². The predicted molar refractivity (Wildman–Crippen MR) is 179 cm³/mol. The van der Waals surface area contributed by atoms with Gasteiger partial charge in [0.05, 0.1) is 23.5 Å². The average Bonchev–Trinajstić information content (AvgIpc) is 2.94. The van der Waals surface area contributed by atoms with Crippen LogP contribution in [-0.4, -0.2) is 52.6 Å². The summed E-state index contributed by atoms with van der Waals surface area (Å²) in [4.78, 5) is 22.3. The molecule has 2 aromatic rings. The minimum absolute atomic E-state index is 0.0261. The van der Waals surface area contributed by atoms with Crippen molar-refractivity contribution in [3.8, 4) is 0 Å². The lowest BCUT2D eigenvalue weighted by Gasteiger charge is -2.20. The molecule has 4 N–H and O–H groups in total. The molecular formula is C35H54N4O4. The molecule has 0 fully saturated rings. The van der Waals surface area contributed by atoms with Crippen molar-refractivity contribution in [2.24, 2.45) is 22.0 Å². The highest BCUT2D eigenvalue weighted by atomic mass is 16.6. The van der Waals surface area contributed by atoms with Crippen LogP contribution in [0.25, 0.3) is 0 Å². The highest BCUT2D eigenvalue weighted by molar-refractivity contribution is 5.98. The first-order valence-corrected chi connectivity index (χ1v) is 15.1. The molecule has 2 rings (SSSR count). The Morgan fingerprint density at radius 2 is 1.19 bits per heavy atom. The van der Waals surface area contributed by atoms with Crippen molar-refractivity contribution in [1.29, 1.82) is 0 Å². The number of carbonyl (C=O) groups excluding carboxylic acids is 1. The smallest absolute Gasteiger partial charge is 0.152 e. The first-order valence-electron chi connectivity index (χ1n) is 15.1. The third kappa shape index (κ3) is 15.0. The van der Waals surface area contributed by atoms with Crippen LogP contribution in [0.2, 0.25) is 0 Å². The molecule has 0 aliphatic heterocycles. The zero-order chi connectivity index (χ0) is 32.7. The van der Waals surface area contributed by atoms with Crippen molar-refractivity contribution in [2.45, 2.75) is 112 Å². The van der Waals surface area contributed by atoms with E-state index in [9.17, 15) is 9.90 Å². The second kappa shape index (κ2) is 18.9. The van der Waals surface area contributed by atoms with E-state index in [1.807, 2.05) is 118 Å². The number of ketones is 1. The Morgan fingerprint density at radius 1 is 0.791 bits per heavy atom. The molecule has 43 heavy (non-hydrogen) atoms. The van der Waals surface area contributed by atoms with E-state index in [0.717, 1.165) is 33.7 Å². The average molecular weight is 595 g/mol. The van der Waals surface area contributed by atoms with E-state index in [2.05, 4.69) is 22.2 Å². The molecule has 0 spiro atoms. The zero-order valence-corrected chi connectivity index (χ0v) is 27.8. The van der Waals surface area contributed by atoms with Crippen molar-refractivity contribution in [2.75, 3.05) is 0 Å². The maximum absolute atomic E-state index is 11.8. The summed E-state index contributed by atoms with van der Waals surface area (Å²) in [6.07, 6.45) is 1.41. The number of oxime groups is 2. The number of aliphatic hydroxyl groups is 1. The number of carbonyl (C=O) groups is 1. The number of hydrogen-bond donors (Lipinski definition) is 3. The van der Waals surface area contributed by atoms with Gasteiger partial charge in [-0.15, -0.1) is 0 Å². The number of nitrogens with one attached hydrogen (secondary N) is 1. The molecule has 0 heterocycles. The minimum atomic E-state index is -0.435. The van der Waals surface area contributed by atoms with Gasteiger partial charge in [0.15, 0.2) is 5.78 Å². The quantitative estimate of drug-likeness (QED) is 0.119. The number of Topliss-reactive ketones (excluding diaryl/α,β-unsaturated/α-hetero) is 1. The van der Waals surface area contributed by atoms with E-state index in [4.69, 9.17) is 15.4 Å². The van der Waals surface area contributed by atoms with Gasteiger partial charge in [-0.05, 0) is 76.6 Å². The van der Waals surface area contributed by atoms with Crippen LogP contribution in [0.5, 0.6) is 0 Å². The van der Waals surface area contributed by atoms with E-state index in [1.54, 1.807) is 0 Å². The SMILES string of the molecule is C/C(=N/OC(C)C)c1ccc(CC(N)C(=O)C(C)C)cc1.C=C(O)C(Cc1ccc(/C(C)=N\OC(C)C)cc1)NC(C)C. The summed E-state index contributed by atoms with van der Waals surface area (Å²) in [6, 6.07) is 15.8. The highest BCUT2D eigenvalue weighted by Crippen LogP contribution is 2.12.